The molecule has 1 heterocycles. The van der Waals surface area contributed by atoms with Crippen molar-refractivity contribution in [2.75, 3.05) is 16.2 Å². The molecular formula is C23H20BrClN2O4S. The Morgan fingerprint density at radius 1 is 1.12 bits per heavy atom. The minimum absolute atomic E-state index is 0.0434. The lowest BCUT2D eigenvalue weighted by molar-refractivity contribution is -0.120. The van der Waals surface area contributed by atoms with Gasteiger partial charge in [0.2, 0.25) is 0 Å². The zero-order valence-corrected chi connectivity index (χ0v) is 20.2. The third-order valence-corrected chi connectivity index (χ3v) is 7.26. The van der Waals surface area contributed by atoms with E-state index in [1.807, 2.05) is 25.1 Å². The number of nitrogens with zero attached hydrogens (tertiary/aromatic N) is 1. The van der Waals surface area contributed by atoms with Gasteiger partial charge in [0, 0.05) is 26.9 Å². The van der Waals surface area contributed by atoms with Crippen LogP contribution in [0.4, 0.5) is 11.4 Å². The minimum atomic E-state index is -3.76. The van der Waals surface area contributed by atoms with Crippen LogP contribution < -0.4 is 14.4 Å². The Bertz CT molecular complexity index is 1250. The maximum absolute atomic E-state index is 12.8. The smallest absolute Gasteiger partial charge is 0.265 e. The monoisotopic (exact) mass is 534 g/mol. The molecular weight excluding hydrogens is 516 g/mol. The molecule has 1 aliphatic heterocycles. The van der Waals surface area contributed by atoms with E-state index in [0.29, 0.717) is 16.5 Å². The van der Waals surface area contributed by atoms with Crippen LogP contribution in [-0.2, 0) is 21.2 Å². The van der Waals surface area contributed by atoms with Gasteiger partial charge in [-0.15, -0.1) is 0 Å². The quantitative estimate of drug-likeness (QED) is 0.467. The minimum Gasteiger partial charge on any atom is -0.484 e. The van der Waals surface area contributed by atoms with Crippen molar-refractivity contribution in [1.82, 2.24) is 0 Å². The zero-order valence-electron chi connectivity index (χ0n) is 17.1. The molecule has 1 N–H and O–H groups in total. The number of nitrogens with one attached hydrogen (secondary N) is 1. The molecule has 1 unspecified atom stereocenters. The highest BCUT2D eigenvalue weighted by Crippen LogP contribution is 2.34. The van der Waals surface area contributed by atoms with Crippen molar-refractivity contribution in [3.8, 4) is 5.75 Å². The Labute approximate surface area is 200 Å². The van der Waals surface area contributed by atoms with Crippen LogP contribution >= 0.6 is 27.5 Å². The number of carbonyl (C=O) groups excluding carboxylic acids is 1. The van der Waals surface area contributed by atoms with E-state index in [4.69, 9.17) is 16.3 Å². The molecule has 3 aromatic carbocycles. The van der Waals surface area contributed by atoms with Crippen molar-refractivity contribution in [2.24, 2.45) is 0 Å². The second-order valence-electron chi connectivity index (χ2n) is 7.46. The van der Waals surface area contributed by atoms with Gasteiger partial charge in [0.15, 0.2) is 6.61 Å². The van der Waals surface area contributed by atoms with Crippen molar-refractivity contribution in [2.45, 2.75) is 24.3 Å². The van der Waals surface area contributed by atoms with Gasteiger partial charge in [-0.3, -0.25) is 9.52 Å². The number of benzene rings is 3. The second-order valence-corrected chi connectivity index (χ2v) is 10.5. The van der Waals surface area contributed by atoms with Gasteiger partial charge in [0.1, 0.15) is 5.75 Å². The number of amides is 1. The maximum Gasteiger partial charge on any atom is 0.265 e. The summed E-state index contributed by atoms with van der Waals surface area (Å²) in [6.45, 7) is 1.86. The summed E-state index contributed by atoms with van der Waals surface area (Å²) in [5, 5.41) is 0.517. The Balaban J connectivity index is 1.40. The van der Waals surface area contributed by atoms with Crippen molar-refractivity contribution in [1.29, 1.82) is 0 Å². The first-order valence-electron chi connectivity index (χ1n) is 9.85. The van der Waals surface area contributed by atoms with Crippen LogP contribution in [0.1, 0.15) is 12.5 Å². The molecule has 0 aliphatic carbocycles. The zero-order chi connectivity index (χ0) is 22.9. The Morgan fingerprint density at radius 3 is 2.50 bits per heavy atom. The van der Waals surface area contributed by atoms with E-state index < -0.39 is 10.0 Å². The van der Waals surface area contributed by atoms with Crippen molar-refractivity contribution in [3.05, 3.63) is 81.8 Å². The molecule has 9 heteroatoms. The van der Waals surface area contributed by atoms with Gasteiger partial charge in [-0.2, -0.15) is 0 Å². The molecule has 1 amide bonds. The van der Waals surface area contributed by atoms with E-state index in [-0.39, 0.29) is 23.5 Å². The fourth-order valence-electron chi connectivity index (χ4n) is 3.64. The van der Waals surface area contributed by atoms with Gasteiger partial charge >= 0.3 is 0 Å². The average Bonchev–Trinajstić information content (AvgIpc) is 3.08. The number of halogens is 2. The van der Waals surface area contributed by atoms with Crippen LogP contribution in [0.25, 0.3) is 0 Å². The topological polar surface area (TPSA) is 75.7 Å². The molecule has 1 atom stereocenters. The Kier molecular flexibility index (Phi) is 6.46. The summed E-state index contributed by atoms with van der Waals surface area (Å²) in [4.78, 5) is 14.6. The number of hydrogen-bond acceptors (Lipinski definition) is 4. The molecule has 0 saturated carbocycles. The molecule has 0 saturated heterocycles. The highest BCUT2D eigenvalue weighted by molar-refractivity contribution is 9.10. The summed E-state index contributed by atoms with van der Waals surface area (Å²) in [6.07, 6.45) is 0.785. The van der Waals surface area contributed by atoms with Crippen molar-refractivity contribution >= 4 is 54.8 Å². The third-order valence-electron chi connectivity index (χ3n) is 5.12. The first-order chi connectivity index (χ1) is 15.2. The summed E-state index contributed by atoms with van der Waals surface area (Å²) < 4.78 is 34.2. The molecule has 32 heavy (non-hydrogen) atoms. The number of sulfonamides is 1. The van der Waals surface area contributed by atoms with E-state index in [1.165, 1.54) is 24.3 Å². The summed E-state index contributed by atoms with van der Waals surface area (Å²) in [7, 11) is -3.76. The number of carbonyl (C=O) groups is 1. The van der Waals surface area contributed by atoms with Crippen LogP contribution in [0, 0.1) is 0 Å². The predicted molar refractivity (Wildman–Crippen MR) is 129 cm³/mol. The first kappa shape index (κ1) is 22.6. The molecule has 3 aromatic rings. The highest BCUT2D eigenvalue weighted by Gasteiger charge is 2.31. The Hall–Kier alpha value is -2.55. The van der Waals surface area contributed by atoms with Gasteiger partial charge in [-0.05, 0) is 85.6 Å². The summed E-state index contributed by atoms with van der Waals surface area (Å²) >= 11 is 9.29. The average molecular weight is 536 g/mol. The van der Waals surface area contributed by atoms with Crippen LogP contribution in [0.2, 0.25) is 5.02 Å². The van der Waals surface area contributed by atoms with E-state index in [0.717, 1.165) is 22.1 Å². The second kappa shape index (κ2) is 9.13. The lowest BCUT2D eigenvalue weighted by Gasteiger charge is -2.22. The van der Waals surface area contributed by atoms with Crippen LogP contribution in [0.5, 0.6) is 5.75 Å². The molecule has 1 aliphatic rings. The summed E-state index contributed by atoms with van der Waals surface area (Å²) in [6, 6.07) is 18.2. The van der Waals surface area contributed by atoms with Gasteiger partial charge < -0.3 is 9.64 Å². The number of hydrogen-bond donors (Lipinski definition) is 1. The molecule has 4 rings (SSSR count). The number of rotatable bonds is 6. The van der Waals surface area contributed by atoms with E-state index in [9.17, 15) is 13.2 Å². The fraction of sp³-hybridized carbons (Fsp3) is 0.174. The number of fused-ring (bicyclic) bond motifs is 1. The van der Waals surface area contributed by atoms with Crippen LogP contribution in [0.3, 0.4) is 0 Å². The predicted octanol–water partition coefficient (Wildman–Crippen LogP) is 5.26. The summed E-state index contributed by atoms with van der Waals surface area (Å²) in [5.41, 5.74) is 2.42. The molecule has 0 bridgehead atoms. The van der Waals surface area contributed by atoms with Crippen LogP contribution in [-0.4, -0.2) is 27.0 Å². The molecule has 0 radical (unpaired) electrons. The summed E-state index contributed by atoms with van der Waals surface area (Å²) in [5.74, 6) is 0.256. The van der Waals surface area contributed by atoms with Gasteiger partial charge in [-0.1, -0.05) is 27.5 Å². The standard InChI is InChI=1S/C23H20BrClN2O4S/c1-15-12-16-13-17(24)2-11-22(16)27(15)23(28)14-31-20-7-9-21(10-8-20)32(29,30)26-19-5-3-18(25)4-6-19/h2-11,13,15,26H,12,14H2,1H3. The first-order valence-corrected chi connectivity index (χ1v) is 12.5. The SMILES string of the molecule is CC1Cc2cc(Br)ccc2N1C(=O)COc1ccc(S(=O)(=O)Nc2ccc(Cl)cc2)cc1. The van der Waals surface area contributed by atoms with Crippen molar-refractivity contribution < 1.29 is 17.9 Å². The maximum atomic E-state index is 12.8. The van der Waals surface area contributed by atoms with Gasteiger partial charge in [0.25, 0.3) is 15.9 Å². The molecule has 0 aromatic heterocycles. The largest absolute Gasteiger partial charge is 0.484 e. The molecule has 0 spiro atoms. The van der Waals surface area contributed by atoms with Crippen LogP contribution in [0.15, 0.2) is 76.1 Å². The number of anilines is 2. The van der Waals surface area contributed by atoms with E-state index in [1.54, 1.807) is 29.2 Å². The van der Waals surface area contributed by atoms with E-state index in [2.05, 4.69) is 20.7 Å². The molecule has 166 valence electrons. The van der Waals surface area contributed by atoms with Gasteiger partial charge in [0.05, 0.1) is 4.90 Å². The third kappa shape index (κ3) is 4.92. The molecule has 0 fully saturated rings. The molecule has 6 nitrogen and oxygen atoms in total. The normalized spacial score (nSPS) is 15.3. The lowest BCUT2D eigenvalue weighted by Crippen LogP contribution is -2.39. The lowest BCUT2D eigenvalue weighted by atomic mass is 10.1. The Morgan fingerprint density at radius 2 is 1.81 bits per heavy atom. The highest BCUT2D eigenvalue weighted by atomic mass is 79.9. The van der Waals surface area contributed by atoms with Gasteiger partial charge in [-0.25, -0.2) is 8.42 Å². The van der Waals surface area contributed by atoms with E-state index >= 15 is 0 Å². The number of ether oxygens (including phenoxy) is 1. The fourth-order valence-corrected chi connectivity index (χ4v) is 5.23. The van der Waals surface area contributed by atoms with Crippen molar-refractivity contribution in [3.63, 3.8) is 0 Å².